The van der Waals surface area contributed by atoms with Crippen molar-refractivity contribution in [2.45, 2.75) is 84.2 Å². The van der Waals surface area contributed by atoms with Crippen LogP contribution in [0.2, 0.25) is 0 Å². The highest BCUT2D eigenvalue weighted by atomic mass is 16.5. The van der Waals surface area contributed by atoms with E-state index in [2.05, 4.69) is 50.8 Å². The molecule has 1 heterocycles. The predicted molar refractivity (Wildman–Crippen MR) is 111 cm³/mol. The Morgan fingerprint density at radius 1 is 1.32 bits per heavy atom. The standard InChI is InChI=1S/C23H34N2O3/c1-17-14-21(28-13-9-5-7-11-24)18(15-19(17)23(2,3)4)16-25-12-8-6-10-20(25)22(26)27/h14-15,20H,5-10,12-13,16H2,1-4H3,(H,26,27)/t20-/m0/s1. The molecule has 1 aromatic rings. The molecule has 0 spiro atoms. The van der Waals surface area contributed by atoms with Gasteiger partial charge in [-0.2, -0.15) is 5.26 Å². The number of carboxylic acids is 1. The monoisotopic (exact) mass is 386 g/mol. The lowest BCUT2D eigenvalue weighted by atomic mass is 9.83. The number of aliphatic carboxylic acids is 1. The van der Waals surface area contributed by atoms with Gasteiger partial charge in [0.05, 0.1) is 12.7 Å². The third-order valence-corrected chi connectivity index (χ3v) is 5.43. The molecule has 5 nitrogen and oxygen atoms in total. The molecule has 1 atom stereocenters. The first-order valence-corrected chi connectivity index (χ1v) is 10.3. The van der Waals surface area contributed by atoms with Crippen LogP contribution in [0.5, 0.6) is 5.75 Å². The van der Waals surface area contributed by atoms with Crippen LogP contribution >= 0.6 is 0 Å². The van der Waals surface area contributed by atoms with Crippen molar-refractivity contribution in [1.82, 2.24) is 4.90 Å². The maximum absolute atomic E-state index is 11.7. The van der Waals surface area contributed by atoms with Crippen LogP contribution < -0.4 is 4.74 Å². The van der Waals surface area contributed by atoms with E-state index in [1.807, 2.05) is 0 Å². The number of ether oxygens (including phenoxy) is 1. The van der Waals surface area contributed by atoms with Crippen LogP contribution in [-0.4, -0.2) is 35.2 Å². The number of hydrogen-bond donors (Lipinski definition) is 1. The maximum Gasteiger partial charge on any atom is 0.320 e. The maximum atomic E-state index is 11.7. The summed E-state index contributed by atoms with van der Waals surface area (Å²) in [5.74, 6) is 0.110. The smallest absolute Gasteiger partial charge is 0.320 e. The third-order valence-electron chi connectivity index (χ3n) is 5.43. The van der Waals surface area contributed by atoms with E-state index in [4.69, 9.17) is 10.00 Å². The van der Waals surface area contributed by atoms with Gasteiger partial charge in [-0.3, -0.25) is 9.69 Å². The van der Waals surface area contributed by atoms with Gasteiger partial charge in [0, 0.05) is 18.5 Å². The lowest BCUT2D eigenvalue weighted by molar-refractivity contribution is -0.144. The van der Waals surface area contributed by atoms with Crippen molar-refractivity contribution < 1.29 is 14.6 Å². The van der Waals surface area contributed by atoms with E-state index >= 15 is 0 Å². The number of nitriles is 1. The molecular formula is C23H34N2O3. The van der Waals surface area contributed by atoms with Crippen molar-refractivity contribution >= 4 is 5.97 Å². The molecule has 154 valence electrons. The Balaban J connectivity index is 2.26. The molecule has 0 bridgehead atoms. The fourth-order valence-electron chi connectivity index (χ4n) is 3.96. The molecule has 1 aromatic carbocycles. The van der Waals surface area contributed by atoms with E-state index in [9.17, 15) is 9.90 Å². The summed E-state index contributed by atoms with van der Waals surface area (Å²) in [5, 5.41) is 18.3. The largest absolute Gasteiger partial charge is 0.493 e. The second-order valence-electron chi connectivity index (χ2n) is 8.81. The van der Waals surface area contributed by atoms with Crippen LogP contribution in [0.4, 0.5) is 0 Å². The predicted octanol–water partition coefficient (Wildman–Crippen LogP) is 4.80. The van der Waals surface area contributed by atoms with Crippen molar-refractivity contribution in [1.29, 1.82) is 5.26 Å². The summed E-state index contributed by atoms with van der Waals surface area (Å²) in [7, 11) is 0. The third kappa shape index (κ3) is 5.97. The minimum Gasteiger partial charge on any atom is -0.493 e. The first-order valence-electron chi connectivity index (χ1n) is 10.3. The zero-order valence-corrected chi connectivity index (χ0v) is 17.8. The second kappa shape index (κ2) is 9.93. The quantitative estimate of drug-likeness (QED) is 0.649. The molecule has 1 saturated heterocycles. The van der Waals surface area contributed by atoms with Crippen LogP contribution in [0.1, 0.15) is 76.0 Å². The average molecular weight is 387 g/mol. The molecule has 1 aliphatic rings. The molecule has 0 aromatic heterocycles. The van der Waals surface area contributed by atoms with E-state index in [1.165, 1.54) is 11.1 Å². The van der Waals surface area contributed by atoms with E-state index < -0.39 is 12.0 Å². The summed E-state index contributed by atoms with van der Waals surface area (Å²) >= 11 is 0. The normalized spacial score (nSPS) is 17.9. The summed E-state index contributed by atoms with van der Waals surface area (Å²) in [6, 6.07) is 6.04. The Morgan fingerprint density at radius 3 is 2.71 bits per heavy atom. The Labute approximate surface area is 169 Å². The van der Waals surface area contributed by atoms with Gasteiger partial charge >= 0.3 is 5.97 Å². The van der Waals surface area contributed by atoms with Gasteiger partial charge in [-0.25, -0.2) is 0 Å². The lowest BCUT2D eigenvalue weighted by Gasteiger charge is -2.34. The van der Waals surface area contributed by atoms with Gasteiger partial charge in [0.1, 0.15) is 11.8 Å². The van der Waals surface area contributed by atoms with E-state index in [-0.39, 0.29) is 5.41 Å². The number of piperidine rings is 1. The molecule has 1 fully saturated rings. The molecule has 2 rings (SSSR count). The van der Waals surface area contributed by atoms with Gasteiger partial charge in [0.2, 0.25) is 0 Å². The molecule has 0 unspecified atom stereocenters. The van der Waals surface area contributed by atoms with Gasteiger partial charge in [0.15, 0.2) is 0 Å². The first-order chi connectivity index (χ1) is 13.2. The summed E-state index contributed by atoms with van der Waals surface area (Å²) < 4.78 is 6.09. The van der Waals surface area contributed by atoms with Crippen molar-refractivity contribution in [2.24, 2.45) is 0 Å². The van der Waals surface area contributed by atoms with Gasteiger partial charge in [-0.1, -0.05) is 33.3 Å². The summed E-state index contributed by atoms with van der Waals surface area (Å²) in [6.45, 7) is 10.7. The number of rotatable bonds is 8. The summed E-state index contributed by atoms with van der Waals surface area (Å²) in [6.07, 6.45) is 4.93. The second-order valence-corrected chi connectivity index (χ2v) is 8.81. The Bertz CT molecular complexity index is 716. The van der Waals surface area contributed by atoms with Crippen LogP contribution in [0.25, 0.3) is 0 Å². The van der Waals surface area contributed by atoms with Crippen molar-refractivity contribution in [3.05, 3.63) is 28.8 Å². The average Bonchev–Trinajstić information content (AvgIpc) is 2.62. The molecule has 0 saturated carbocycles. The fraction of sp³-hybridized carbons (Fsp3) is 0.652. The molecule has 0 amide bonds. The topological polar surface area (TPSA) is 73.6 Å². The van der Waals surface area contributed by atoms with Crippen LogP contribution in [0, 0.1) is 18.3 Å². The van der Waals surface area contributed by atoms with Gasteiger partial charge in [-0.05, 0) is 61.8 Å². The number of carboxylic acid groups (broad SMARTS) is 1. The summed E-state index contributed by atoms with van der Waals surface area (Å²) in [4.78, 5) is 13.8. The first kappa shape index (κ1) is 22.2. The molecule has 28 heavy (non-hydrogen) atoms. The van der Waals surface area contributed by atoms with E-state index in [1.54, 1.807) is 0 Å². The molecule has 0 aliphatic carbocycles. The van der Waals surface area contributed by atoms with Gasteiger partial charge in [-0.15, -0.1) is 0 Å². The SMILES string of the molecule is Cc1cc(OCCCCC#N)c(CN2CCCC[C@H]2C(=O)O)cc1C(C)(C)C. The number of carbonyl (C=O) groups is 1. The highest BCUT2D eigenvalue weighted by Crippen LogP contribution is 2.33. The Hall–Kier alpha value is -2.06. The molecule has 1 aliphatic heterocycles. The Kier molecular flexibility index (Phi) is 7.88. The molecule has 0 radical (unpaired) electrons. The molecule has 5 heteroatoms. The van der Waals surface area contributed by atoms with Gasteiger partial charge < -0.3 is 9.84 Å². The molecule has 1 N–H and O–H groups in total. The van der Waals surface area contributed by atoms with Crippen LogP contribution in [0.3, 0.4) is 0 Å². The highest BCUT2D eigenvalue weighted by Gasteiger charge is 2.29. The summed E-state index contributed by atoms with van der Waals surface area (Å²) in [5.41, 5.74) is 3.53. The minimum atomic E-state index is -0.734. The van der Waals surface area contributed by atoms with E-state index in [0.717, 1.165) is 43.5 Å². The number of benzene rings is 1. The number of likely N-dealkylation sites (tertiary alicyclic amines) is 1. The van der Waals surface area contributed by atoms with Crippen molar-refractivity contribution in [3.8, 4) is 11.8 Å². The molecular weight excluding hydrogens is 352 g/mol. The Morgan fingerprint density at radius 2 is 2.07 bits per heavy atom. The lowest BCUT2D eigenvalue weighted by Crippen LogP contribution is -2.44. The van der Waals surface area contributed by atoms with Crippen molar-refractivity contribution in [3.63, 3.8) is 0 Å². The number of nitrogens with zero attached hydrogens (tertiary/aromatic N) is 2. The van der Waals surface area contributed by atoms with Crippen LogP contribution in [-0.2, 0) is 16.8 Å². The number of aryl methyl sites for hydroxylation is 1. The zero-order chi connectivity index (χ0) is 20.7. The van der Waals surface area contributed by atoms with E-state index in [0.29, 0.717) is 26.0 Å². The minimum absolute atomic E-state index is 0.0122. The number of unbranched alkanes of at least 4 members (excludes halogenated alkanes) is 2. The highest BCUT2D eigenvalue weighted by molar-refractivity contribution is 5.73. The number of hydrogen-bond acceptors (Lipinski definition) is 4. The van der Waals surface area contributed by atoms with Gasteiger partial charge in [0.25, 0.3) is 0 Å². The zero-order valence-electron chi connectivity index (χ0n) is 17.8. The van der Waals surface area contributed by atoms with Crippen LogP contribution in [0.15, 0.2) is 12.1 Å². The van der Waals surface area contributed by atoms with Crippen molar-refractivity contribution in [2.75, 3.05) is 13.2 Å². The fourth-order valence-corrected chi connectivity index (χ4v) is 3.96.